The molecule has 0 aromatic carbocycles. The predicted molar refractivity (Wildman–Crippen MR) is 72.0 cm³/mol. The lowest BCUT2D eigenvalue weighted by molar-refractivity contribution is 0.306. The van der Waals surface area contributed by atoms with E-state index in [1.807, 2.05) is 6.92 Å². The highest BCUT2D eigenvalue weighted by Gasteiger charge is 2.08. The van der Waals surface area contributed by atoms with Gasteiger partial charge in [-0.25, -0.2) is 0 Å². The van der Waals surface area contributed by atoms with E-state index >= 15 is 0 Å². The molecule has 1 N–H and O–H groups in total. The second kappa shape index (κ2) is 6.82. The summed E-state index contributed by atoms with van der Waals surface area (Å²) in [5.41, 5.74) is 1.28. The van der Waals surface area contributed by atoms with Crippen molar-refractivity contribution in [2.45, 2.75) is 40.8 Å². The lowest BCUT2D eigenvalue weighted by atomic mass is 10.2. The molecule has 1 heterocycles. The van der Waals surface area contributed by atoms with E-state index in [-0.39, 0.29) is 0 Å². The van der Waals surface area contributed by atoms with Crippen molar-refractivity contribution >= 4 is 0 Å². The second-order valence-electron chi connectivity index (χ2n) is 5.15. The Kier molecular flexibility index (Phi) is 5.72. The molecule has 1 aromatic heterocycles. The van der Waals surface area contributed by atoms with Crippen LogP contribution in [0.25, 0.3) is 0 Å². The van der Waals surface area contributed by atoms with E-state index in [4.69, 9.17) is 4.42 Å². The summed E-state index contributed by atoms with van der Waals surface area (Å²) in [5, 5.41) is 3.45. The Bertz CT molecular complexity index is 331. The van der Waals surface area contributed by atoms with Gasteiger partial charge in [-0.05, 0) is 39.0 Å². The Morgan fingerprint density at radius 2 is 2.12 bits per heavy atom. The van der Waals surface area contributed by atoms with Crippen LogP contribution in [-0.4, -0.2) is 25.0 Å². The molecule has 0 aliphatic heterocycles. The van der Waals surface area contributed by atoms with Crippen molar-refractivity contribution < 1.29 is 4.42 Å². The van der Waals surface area contributed by atoms with E-state index in [1.165, 1.54) is 5.56 Å². The fraction of sp³-hybridized carbons (Fsp3) is 0.714. The molecule has 3 heteroatoms. The van der Waals surface area contributed by atoms with Gasteiger partial charge in [-0.3, -0.25) is 4.90 Å². The van der Waals surface area contributed by atoms with Crippen molar-refractivity contribution in [1.82, 2.24) is 10.2 Å². The molecule has 17 heavy (non-hydrogen) atoms. The summed E-state index contributed by atoms with van der Waals surface area (Å²) in [6.45, 7) is 12.5. The molecule has 0 saturated heterocycles. The standard InChI is InChI=1S/C14H26N2O/c1-6-16(5)10-14-7-13(12(4)17-14)9-15-8-11(2)3/h7,11,15H,6,8-10H2,1-5H3. The Morgan fingerprint density at radius 3 is 2.71 bits per heavy atom. The smallest absolute Gasteiger partial charge is 0.118 e. The largest absolute Gasteiger partial charge is 0.465 e. The number of rotatable bonds is 7. The van der Waals surface area contributed by atoms with Crippen LogP contribution in [0.1, 0.15) is 37.9 Å². The van der Waals surface area contributed by atoms with Crippen LogP contribution in [0.15, 0.2) is 10.5 Å². The molecular weight excluding hydrogens is 212 g/mol. The first-order chi connectivity index (χ1) is 8.02. The highest BCUT2D eigenvalue weighted by molar-refractivity contribution is 5.20. The van der Waals surface area contributed by atoms with E-state index in [0.717, 1.165) is 37.7 Å². The zero-order valence-corrected chi connectivity index (χ0v) is 11.8. The maximum Gasteiger partial charge on any atom is 0.118 e. The first-order valence-electron chi connectivity index (χ1n) is 6.50. The fourth-order valence-electron chi connectivity index (χ4n) is 1.71. The Morgan fingerprint density at radius 1 is 1.41 bits per heavy atom. The van der Waals surface area contributed by atoms with Crippen molar-refractivity contribution in [2.24, 2.45) is 5.92 Å². The summed E-state index contributed by atoms with van der Waals surface area (Å²) in [6, 6.07) is 2.18. The van der Waals surface area contributed by atoms with Crippen molar-refractivity contribution in [1.29, 1.82) is 0 Å². The van der Waals surface area contributed by atoms with E-state index in [1.54, 1.807) is 0 Å². The zero-order chi connectivity index (χ0) is 12.8. The molecule has 0 radical (unpaired) electrons. The molecule has 0 bridgehead atoms. The number of aryl methyl sites for hydroxylation is 1. The first-order valence-corrected chi connectivity index (χ1v) is 6.50. The van der Waals surface area contributed by atoms with Crippen LogP contribution in [0.2, 0.25) is 0 Å². The summed E-state index contributed by atoms with van der Waals surface area (Å²) >= 11 is 0. The van der Waals surface area contributed by atoms with E-state index < -0.39 is 0 Å². The highest BCUT2D eigenvalue weighted by atomic mass is 16.3. The van der Waals surface area contributed by atoms with Crippen molar-refractivity contribution in [3.8, 4) is 0 Å². The molecule has 0 spiro atoms. The molecular formula is C14H26N2O. The van der Waals surface area contributed by atoms with E-state index in [0.29, 0.717) is 5.92 Å². The third-order valence-electron chi connectivity index (χ3n) is 2.91. The molecule has 0 atom stereocenters. The van der Waals surface area contributed by atoms with Gasteiger partial charge in [0.2, 0.25) is 0 Å². The summed E-state index contributed by atoms with van der Waals surface area (Å²) < 4.78 is 5.76. The molecule has 0 amide bonds. The lowest BCUT2D eigenvalue weighted by Gasteiger charge is -2.10. The number of nitrogens with one attached hydrogen (secondary N) is 1. The van der Waals surface area contributed by atoms with Gasteiger partial charge in [0.15, 0.2) is 0 Å². The van der Waals surface area contributed by atoms with Gasteiger partial charge >= 0.3 is 0 Å². The highest BCUT2D eigenvalue weighted by Crippen LogP contribution is 2.15. The molecule has 98 valence electrons. The second-order valence-corrected chi connectivity index (χ2v) is 5.15. The third kappa shape index (κ3) is 4.92. The Hall–Kier alpha value is -0.800. The number of hydrogen-bond acceptors (Lipinski definition) is 3. The minimum Gasteiger partial charge on any atom is -0.465 e. The molecule has 0 saturated carbocycles. The molecule has 3 nitrogen and oxygen atoms in total. The van der Waals surface area contributed by atoms with Gasteiger partial charge in [0.05, 0.1) is 6.54 Å². The topological polar surface area (TPSA) is 28.4 Å². The predicted octanol–water partition coefficient (Wildman–Crippen LogP) is 2.79. The van der Waals surface area contributed by atoms with Crippen LogP contribution in [0.4, 0.5) is 0 Å². The van der Waals surface area contributed by atoms with Crippen LogP contribution in [-0.2, 0) is 13.1 Å². The van der Waals surface area contributed by atoms with Crippen LogP contribution in [0.3, 0.4) is 0 Å². The van der Waals surface area contributed by atoms with Gasteiger partial charge in [-0.15, -0.1) is 0 Å². The molecule has 0 fully saturated rings. The van der Waals surface area contributed by atoms with Gasteiger partial charge in [0, 0.05) is 12.1 Å². The maximum atomic E-state index is 5.76. The zero-order valence-electron chi connectivity index (χ0n) is 11.8. The van der Waals surface area contributed by atoms with Gasteiger partial charge in [0.25, 0.3) is 0 Å². The Balaban J connectivity index is 2.50. The average Bonchev–Trinajstić information content (AvgIpc) is 2.58. The quantitative estimate of drug-likeness (QED) is 0.792. The minimum absolute atomic E-state index is 0.688. The average molecular weight is 238 g/mol. The third-order valence-corrected chi connectivity index (χ3v) is 2.91. The molecule has 1 rings (SSSR count). The minimum atomic E-state index is 0.688. The lowest BCUT2D eigenvalue weighted by Crippen LogP contribution is -2.19. The van der Waals surface area contributed by atoms with Gasteiger partial charge in [0.1, 0.15) is 11.5 Å². The van der Waals surface area contributed by atoms with Crippen molar-refractivity contribution in [3.63, 3.8) is 0 Å². The van der Waals surface area contributed by atoms with Crippen molar-refractivity contribution in [3.05, 3.63) is 23.2 Å². The monoisotopic (exact) mass is 238 g/mol. The van der Waals surface area contributed by atoms with Crippen LogP contribution in [0, 0.1) is 12.8 Å². The van der Waals surface area contributed by atoms with Gasteiger partial charge in [-0.1, -0.05) is 20.8 Å². The summed E-state index contributed by atoms with van der Waals surface area (Å²) in [5.74, 6) is 2.79. The number of nitrogens with zero attached hydrogens (tertiary/aromatic N) is 1. The molecule has 0 aliphatic carbocycles. The first kappa shape index (κ1) is 14.3. The van der Waals surface area contributed by atoms with Crippen LogP contribution < -0.4 is 5.32 Å². The SMILES string of the molecule is CCN(C)Cc1cc(CNCC(C)C)c(C)o1. The summed E-state index contributed by atoms with van der Waals surface area (Å²) in [7, 11) is 2.11. The summed E-state index contributed by atoms with van der Waals surface area (Å²) in [4.78, 5) is 2.24. The van der Waals surface area contributed by atoms with E-state index in [2.05, 4.69) is 44.1 Å². The fourth-order valence-corrected chi connectivity index (χ4v) is 1.71. The number of furan rings is 1. The number of hydrogen-bond donors (Lipinski definition) is 1. The molecule has 0 unspecified atom stereocenters. The Labute approximate surface area is 105 Å². The van der Waals surface area contributed by atoms with Crippen LogP contribution in [0.5, 0.6) is 0 Å². The van der Waals surface area contributed by atoms with Crippen molar-refractivity contribution in [2.75, 3.05) is 20.1 Å². The molecule has 1 aromatic rings. The molecule has 0 aliphatic rings. The van der Waals surface area contributed by atoms with Crippen LogP contribution >= 0.6 is 0 Å². The maximum absolute atomic E-state index is 5.76. The summed E-state index contributed by atoms with van der Waals surface area (Å²) in [6.07, 6.45) is 0. The van der Waals surface area contributed by atoms with Gasteiger partial charge < -0.3 is 9.73 Å². The van der Waals surface area contributed by atoms with E-state index in [9.17, 15) is 0 Å². The normalized spacial score (nSPS) is 11.7. The van der Waals surface area contributed by atoms with Gasteiger partial charge in [-0.2, -0.15) is 0 Å².